The molecule has 1 aromatic carbocycles. The zero-order chi connectivity index (χ0) is 14.3. The Hall–Kier alpha value is -1.29. The minimum Gasteiger partial charge on any atom is -0.489 e. The van der Waals surface area contributed by atoms with Gasteiger partial charge in [0.15, 0.2) is 0 Å². The Bertz CT molecular complexity index is 544. The van der Waals surface area contributed by atoms with Gasteiger partial charge in [-0.15, -0.1) is 0 Å². The molecular formula is C15H16ClFO3. The number of carboxylic acids is 1. The molecule has 2 saturated carbocycles. The third-order valence-electron chi connectivity index (χ3n) is 4.50. The Morgan fingerprint density at radius 3 is 2.50 bits per heavy atom. The number of carbonyl (C=O) groups is 1. The average molecular weight is 299 g/mol. The maximum absolute atomic E-state index is 13.6. The van der Waals surface area contributed by atoms with Crippen molar-refractivity contribution < 1.29 is 19.0 Å². The quantitative estimate of drug-likeness (QED) is 0.906. The van der Waals surface area contributed by atoms with Crippen molar-refractivity contribution in [2.24, 2.45) is 5.41 Å². The third-order valence-corrected chi connectivity index (χ3v) is 4.79. The van der Waals surface area contributed by atoms with Crippen LogP contribution in [0.15, 0.2) is 12.1 Å². The summed E-state index contributed by atoms with van der Waals surface area (Å²) in [4.78, 5) is 10.8. The van der Waals surface area contributed by atoms with Crippen molar-refractivity contribution in [1.82, 2.24) is 0 Å². The minimum atomic E-state index is -1.33. The van der Waals surface area contributed by atoms with Crippen molar-refractivity contribution in [1.29, 1.82) is 0 Å². The van der Waals surface area contributed by atoms with E-state index >= 15 is 0 Å². The summed E-state index contributed by atoms with van der Waals surface area (Å²) < 4.78 is 19.4. The molecule has 1 N–H and O–H groups in total. The second kappa shape index (κ2) is 4.92. The van der Waals surface area contributed by atoms with E-state index in [-0.39, 0.29) is 16.9 Å². The molecule has 0 aliphatic heterocycles. The number of rotatable bonds is 3. The lowest BCUT2D eigenvalue weighted by atomic mass is 9.85. The van der Waals surface area contributed by atoms with Gasteiger partial charge in [-0.05, 0) is 50.0 Å². The van der Waals surface area contributed by atoms with Crippen molar-refractivity contribution in [3.8, 4) is 5.75 Å². The molecule has 0 amide bonds. The zero-order valence-electron chi connectivity index (χ0n) is 11.0. The molecule has 2 fully saturated rings. The highest BCUT2D eigenvalue weighted by atomic mass is 35.5. The molecule has 0 atom stereocenters. The number of carboxylic acid groups (broad SMARTS) is 1. The first-order valence-electron chi connectivity index (χ1n) is 6.88. The molecule has 108 valence electrons. The van der Waals surface area contributed by atoms with E-state index in [0.717, 1.165) is 37.8 Å². The van der Waals surface area contributed by atoms with E-state index in [4.69, 9.17) is 21.4 Å². The van der Waals surface area contributed by atoms with Gasteiger partial charge in [-0.3, -0.25) is 0 Å². The lowest BCUT2D eigenvalue weighted by Gasteiger charge is -2.29. The highest BCUT2D eigenvalue weighted by Gasteiger charge is 2.45. The van der Waals surface area contributed by atoms with E-state index < -0.39 is 17.3 Å². The van der Waals surface area contributed by atoms with Crippen LogP contribution in [-0.2, 0) is 0 Å². The molecule has 1 aromatic rings. The fraction of sp³-hybridized carbons (Fsp3) is 0.533. The fourth-order valence-electron chi connectivity index (χ4n) is 2.96. The van der Waals surface area contributed by atoms with Gasteiger partial charge in [0, 0.05) is 6.07 Å². The SMILES string of the molecule is O=C(O)c1cc(Cl)c(OC2CCC3(CC2)CC3)cc1F. The van der Waals surface area contributed by atoms with Gasteiger partial charge >= 0.3 is 5.97 Å². The molecule has 3 rings (SSSR count). The summed E-state index contributed by atoms with van der Waals surface area (Å²) in [6.07, 6.45) is 6.92. The van der Waals surface area contributed by atoms with Crippen molar-refractivity contribution in [3.63, 3.8) is 0 Å². The van der Waals surface area contributed by atoms with Crippen LogP contribution < -0.4 is 4.74 Å². The highest BCUT2D eigenvalue weighted by Crippen LogP contribution is 2.56. The Kier molecular flexibility index (Phi) is 3.36. The zero-order valence-corrected chi connectivity index (χ0v) is 11.8. The second-order valence-corrected chi connectivity index (χ2v) is 6.29. The first kappa shape index (κ1) is 13.7. The van der Waals surface area contributed by atoms with E-state index in [1.54, 1.807) is 0 Å². The highest BCUT2D eigenvalue weighted by molar-refractivity contribution is 6.32. The van der Waals surface area contributed by atoms with Gasteiger partial charge in [0.2, 0.25) is 0 Å². The largest absolute Gasteiger partial charge is 0.489 e. The molecule has 20 heavy (non-hydrogen) atoms. The van der Waals surface area contributed by atoms with Gasteiger partial charge in [-0.1, -0.05) is 11.6 Å². The maximum Gasteiger partial charge on any atom is 0.338 e. The molecule has 0 bridgehead atoms. The first-order chi connectivity index (χ1) is 9.49. The van der Waals surface area contributed by atoms with Crippen LogP contribution >= 0.6 is 11.6 Å². The van der Waals surface area contributed by atoms with Gasteiger partial charge in [-0.25, -0.2) is 9.18 Å². The number of benzene rings is 1. The molecule has 0 aromatic heterocycles. The van der Waals surface area contributed by atoms with Crippen LogP contribution in [0.2, 0.25) is 5.02 Å². The first-order valence-corrected chi connectivity index (χ1v) is 7.26. The van der Waals surface area contributed by atoms with E-state index in [0.29, 0.717) is 5.41 Å². The van der Waals surface area contributed by atoms with Crippen molar-refractivity contribution in [3.05, 3.63) is 28.5 Å². The van der Waals surface area contributed by atoms with E-state index in [2.05, 4.69) is 0 Å². The molecule has 0 radical (unpaired) electrons. The van der Waals surface area contributed by atoms with Gasteiger partial charge in [0.05, 0.1) is 16.7 Å². The normalized spacial score (nSPS) is 20.9. The molecule has 5 heteroatoms. The van der Waals surface area contributed by atoms with Crippen molar-refractivity contribution in [2.75, 3.05) is 0 Å². The van der Waals surface area contributed by atoms with Crippen molar-refractivity contribution in [2.45, 2.75) is 44.6 Å². The molecule has 2 aliphatic rings. The topological polar surface area (TPSA) is 46.5 Å². The number of halogens is 2. The van der Waals surface area contributed by atoms with Crippen LogP contribution in [0, 0.1) is 11.2 Å². The van der Waals surface area contributed by atoms with Crippen LogP contribution in [-0.4, -0.2) is 17.2 Å². The van der Waals surface area contributed by atoms with Gasteiger partial charge in [-0.2, -0.15) is 0 Å². The maximum atomic E-state index is 13.6. The number of aromatic carboxylic acids is 1. The third kappa shape index (κ3) is 2.62. The summed E-state index contributed by atoms with van der Waals surface area (Å²) in [5.74, 6) is -1.90. The van der Waals surface area contributed by atoms with E-state index in [1.807, 2.05) is 0 Å². The Morgan fingerprint density at radius 1 is 1.30 bits per heavy atom. The summed E-state index contributed by atoms with van der Waals surface area (Å²) >= 11 is 5.98. The van der Waals surface area contributed by atoms with Crippen LogP contribution in [0.25, 0.3) is 0 Å². The predicted molar refractivity (Wildman–Crippen MR) is 72.9 cm³/mol. The summed E-state index contributed by atoms with van der Waals surface area (Å²) in [7, 11) is 0. The van der Waals surface area contributed by atoms with Gasteiger partial charge in [0.25, 0.3) is 0 Å². The molecule has 1 spiro atoms. The predicted octanol–water partition coefficient (Wildman–Crippen LogP) is 4.28. The Labute approximate surface area is 121 Å². The smallest absolute Gasteiger partial charge is 0.338 e. The van der Waals surface area contributed by atoms with Gasteiger partial charge < -0.3 is 9.84 Å². The monoisotopic (exact) mass is 298 g/mol. The van der Waals surface area contributed by atoms with Crippen LogP contribution in [0.5, 0.6) is 5.75 Å². The van der Waals surface area contributed by atoms with E-state index in [9.17, 15) is 9.18 Å². The van der Waals surface area contributed by atoms with Crippen LogP contribution in [0.1, 0.15) is 48.9 Å². The Morgan fingerprint density at radius 2 is 1.95 bits per heavy atom. The fourth-order valence-corrected chi connectivity index (χ4v) is 3.17. The summed E-state index contributed by atoms with van der Waals surface area (Å²) in [6, 6.07) is 2.19. The minimum absolute atomic E-state index is 0.0498. The summed E-state index contributed by atoms with van der Waals surface area (Å²) in [6.45, 7) is 0. The van der Waals surface area contributed by atoms with Crippen LogP contribution in [0.4, 0.5) is 4.39 Å². The number of hydrogen-bond acceptors (Lipinski definition) is 2. The molecule has 0 heterocycles. The Balaban J connectivity index is 1.71. The lowest BCUT2D eigenvalue weighted by molar-refractivity contribution is 0.0691. The van der Waals surface area contributed by atoms with Gasteiger partial charge in [0.1, 0.15) is 11.6 Å². The van der Waals surface area contributed by atoms with Crippen molar-refractivity contribution >= 4 is 17.6 Å². The molecular weight excluding hydrogens is 283 g/mol. The molecule has 0 unspecified atom stereocenters. The van der Waals surface area contributed by atoms with E-state index in [1.165, 1.54) is 12.8 Å². The molecule has 2 aliphatic carbocycles. The average Bonchev–Trinajstić information content (AvgIpc) is 3.16. The summed E-state index contributed by atoms with van der Waals surface area (Å²) in [5, 5.41) is 8.98. The number of hydrogen-bond donors (Lipinski definition) is 1. The van der Waals surface area contributed by atoms with Crippen LogP contribution in [0.3, 0.4) is 0 Å². The lowest BCUT2D eigenvalue weighted by Crippen LogP contribution is -2.25. The molecule has 3 nitrogen and oxygen atoms in total. The molecule has 0 saturated heterocycles. The second-order valence-electron chi connectivity index (χ2n) is 5.88. The summed E-state index contributed by atoms with van der Waals surface area (Å²) in [5.41, 5.74) is 0.144. The standard InChI is InChI=1S/C15H16ClFO3/c16-11-7-10(14(18)19)12(17)8-13(11)20-9-1-3-15(4-2-9)5-6-15/h7-9H,1-6H2,(H,18,19). The number of ether oxygens (including phenoxy) is 1.